The molecule has 0 aromatic heterocycles. The van der Waals surface area contributed by atoms with E-state index < -0.39 is 47.5 Å². The average Bonchev–Trinajstić information content (AvgIpc) is 2.84. The number of nitrogens with one attached hydrogen (secondary N) is 3. The van der Waals surface area contributed by atoms with Gasteiger partial charge in [-0.05, 0) is 35.8 Å². The van der Waals surface area contributed by atoms with Gasteiger partial charge in [0, 0.05) is 32.4 Å². The van der Waals surface area contributed by atoms with E-state index in [9.17, 15) is 24.4 Å². The molecule has 12 heteroatoms. The molecule has 0 unspecified atom stereocenters. The van der Waals surface area contributed by atoms with E-state index in [0.29, 0.717) is 19.4 Å². The Morgan fingerprint density at radius 1 is 0.821 bits per heavy atom. The second kappa shape index (κ2) is 18.7. The van der Waals surface area contributed by atoms with Crippen molar-refractivity contribution in [2.45, 2.75) is 72.9 Å². The molecule has 1 aromatic carbocycles. The summed E-state index contributed by atoms with van der Waals surface area (Å²) in [5.41, 5.74) is 9.03. The van der Waals surface area contributed by atoms with Crippen LogP contribution in [0.25, 0.3) is 0 Å². The Labute approximate surface area is 229 Å². The Kier molecular flexibility index (Phi) is 17.0. The van der Waals surface area contributed by atoms with Crippen LogP contribution in [0.2, 0.25) is 0 Å². The van der Waals surface area contributed by atoms with Crippen LogP contribution in [0.1, 0.15) is 65.0 Å². The zero-order valence-corrected chi connectivity index (χ0v) is 23.4. The molecule has 1 rings (SSSR count). The number of hydrogen-bond acceptors (Lipinski definition) is 7. The second-order valence-corrected chi connectivity index (χ2v) is 10.2. The Hall–Kier alpha value is -3.51. The van der Waals surface area contributed by atoms with Crippen molar-refractivity contribution in [2.75, 3.05) is 6.54 Å². The fraction of sp³-hybridized carbons (Fsp3) is 0.593. The molecule has 0 aliphatic rings. The normalized spacial score (nSPS) is 12.9. The lowest BCUT2D eigenvalue weighted by Crippen LogP contribution is -2.52. The highest BCUT2D eigenvalue weighted by Gasteiger charge is 2.36. The summed E-state index contributed by atoms with van der Waals surface area (Å²) in [7, 11) is 0. The molecule has 12 nitrogen and oxygen atoms in total. The van der Waals surface area contributed by atoms with Gasteiger partial charge >= 0.3 is 5.97 Å². The predicted molar refractivity (Wildman–Crippen MR) is 144 cm³/mol. The van der Waals surface area contributed by atoms with E-state index in [2.05, 4.69) is 10.6 Å². The minimum atomic E-state index is -1.05. The number of amides is 3. The number of benzene rings is 1. The number of rotatable bonds is 15. The maximum absolute atomic E-state index is 13.4. The molecule has 0 spiro atoms. The van der Waals surface area contributed by atoms with Crippen molar-refractivity contribution in [3.8, 4) is 0 Å². The van der Waals surface area contributed by atoms with Gasteiger partial charge in [-0.1, -0.05) is 52.0 Å². The molecule has 0 saturated heterocycles. The van der Waals surface area contributed by atoms with Crippen LogP contribution in [0.3, 0.4) is 0 Å². The van der Waals surface area contributed by atoms with E-state index >= 15 is 0 Å². The molecule has 0 aliphatic heterocycles. The molecule has 0 bridgehead atoms. The molecule has 39 heavy (non-hydrogen) atoms. The van der Waals surface area contributed by atoms with Gasteiger partial charge in [0.2, 0.25) is 17.7 Å². The molecular weight excluding hydrogens is 508 g/mol. The minimum Gasteiger partial charge on any atom is -0.481 e. The van der Waals surface area contributed by atoms with Gasteiger partial charge in [0.15, 0.2) is 0 Å². The predicted octanol–water partition coefficient (Wildman–Crippen LogP) is 1.68. The zero-order valence-electron chi connectivity index (χ0n) is 23.4. The Bertz CT molecular complexity index is 930. The van der Waals surface area contributed by atoms with E-state index in [1.54, 1.807) is 5.48 Å². The molecule has 8 N–H and O–H groups in total. The van der Waals surface area contributed by atoms with Gasteiger partial charge in [-0.3, -0.25) is 29.2 Å². The van der Waals surface area contributed by atoms with Crippen molar-refractivity contribution in [1.82, 2.24) is 16.1 Å². The van der Waals surface area contributed by atoms with Crippen molar-refractivity contribution in [3.63, 3.8) is 0 Å². The Balaban J connectivity index is 0.00000336. The highest BCUT2D eigenvalue weighted by molar-refractivity contribution is 5.91. The van der Waals surface area contributed by atoms with Crippen molar-refractivity contribution in [1.29, 1.82) is 0 Å². The summed E-state index contributed by atoms with van der Waals surface area (Å²) in [5, 5.41) is 30.9. The first-order chi connectivity index (χ1) is 18.2. The molecule has 1 aromatic rings. The van der Waals surface area contributed by atoms with Gasteiger partial charge in [-0.25, -0.2) is 5.48 Å². The first kappa shape index (κ1) is 35.5. The summed E-state index contributed by atoms with van der Waals surface area (Å²) in [4.78, 5) is 58.7. The van der Waals surface area contributed by atoms with E-state index in [4.69, 9.17) is 20.7 Å². The van der Waals surface area contributed by atoms with Crippen LogP contribution in [0.15, 0.2) is 24.3 Å². The van der Waals surface area contributed by atoms with Crippen LogP contribution in [0, 0.1) is 23.7 Å². The molecule has 0 heterocycles. The quantitative estimate of drug-likeness (QED) is 0.124. The van der Waals surface area contributed by atoms with Gasteiger partial charge in [0.25, 0.3) is 5.97 Å². The standard InChI is InChI=1S/C25H40N4O6.C2H4O2/c1-15(2)11-19(20(12-16(3)4)24(33)29-35)23(32)28-21(25(34)27-10-9-22(30)31)13-17-5-7-18(14-26)8-6-17;1-2(3)4/h5-8,15-16,19-21,35H,9-14,26H2,1-4H3,(H,27,34)(H,28,32)(H,29,33)(H,30,31);1H3,(H,3,4)/t19-,20+,21+;/m1./s1. The van der Waals surface area contributed by atoms with Crippen LogP contribution < -0.4 is 21.8 Å². The van der Waals surface area contributed by atoms with Gasteiger partial charge in [0.1, 0.15) is 6.04 Å². The van der Waals surface area contributed by atoms with Gasteiger partial charge in [-0.15, -0.1) is 0 Å². The lowest BCUT2D eigenvalue weighted by molar-refractivity contribution is -0.142. The molecular formula is C27H44N4O8. The van der Waals surface area contributed by atoms with Gasteiger partial charge < -0.3 is 26.6 Å². The SMILES string of the molecule is CC(=O)O.CC(C)C[C@H](C(=O)NO)[C@@H](CC(C)C)C(=O)N[C@@H](Cc1ccc(CN)cc1)C(=O)NCCC(=O)O. The fourth-order valence-electron chi connectivity index (χ4n) is 3.96. The lowest BCUT2D eigenvalue weighted by Gasteiger charge is -2.29. The fourth-order valence-corrected chi connectivity index (χ4v) is 3.96. The topological polar surface area (TPSA) is 208 Å². The first-order valence-electron chi connectivity index (χ1n) is 12.9. The number of nitrogens with two attached hydrogens (primary N) is 1. The first-order valence-corrected chi connectivity index (χ1v) is 12.9. The summed E-state index contributed by atoms with van der Waals surface area (Å²) >= 11 is 0. The molecule has 3 atom stereocenters. The van der Waals surface area contributed by atoms with Crippen LogP contribution in [0.4, 0.5) is 0 Å². The van der Waals surface area contributed by atoms with Crippen molar-refractivity contribution in [3.05, 3.63) is 35.4 Å². The summed E-state index contributed by atoms with van der Waals surface area (Å²) in [6.07, 6.45) is 0.689. The third kappa shape index (κ3) is 15.5. The maximum atomic E-state index is 13.4. The van der Waals surface area contributed by atoms with Crippen LogP contribution >= 0.6 is 0 Å². The van der Waals surface area contributed by atoms with E-state index in [1.807, 2.05) is 52.0 Å². The smallest absolute Gasteiger partial charge is 0.305 e. The monoisotopic (exact) mass is 552 g/mol. The maximum Gasteiger partial charge on any atom is 0.305 e. The van der Waals surface area contributed by atoms with Crippen LogP contribution in [-0.2, 0) is 36.9 Å². The average molecular weight is 553 g/mol. The largest absolute Gasteiger partial charge is 0.481 e. The Morgan fingerprint density at radius 2 is 1.28 bits per heavy atom. The van der Waals surface area contributed by atoms with E-state index in [1.165, 1.54) is 0 Å². The molecule has 0 aliphatic carbocycles. The summed E-state index contributed by atoms with van der Waals surface area (Å²) in [5.74, 6) is -4.87. The number of carbonyl (C=O) groups excluding carboxylic acids is 3. The van der Waals surface area contributed by atoms with Crippen LogP contribution in [-0.4, -0.2) is 57.7 Å². The lowest BCUT2D eigenvalue weighted by atomic mass is 9.79. The summed E-state index contributed by atoms with van der Waals surface area (Å²) < 4.78 is 0. The van der Waals surface area contributed by atoms with Crippen molar-refractivity contribution >= 4 is 29.7 Å². The molecule has 0 saturated carbocycles. The number of carboxylic acids is 2. The van der Waals surface area contributed by atoms with Crippen LogP contribution in [0.5, 0.6) is 0 Å². The molecule has 3 amide bonds. The van der Waals surface area contributed by atoms with Gasteiger partial charge in [0.05, 0.1) is 12.3 Å². The minimum absolute atomic E-state index is 0.0784. The Morgan fingerprint density at radius 3 is 1.69 bits per heavy atom. The number of aliphatic carboxylic acids is 2. The van der Waals surface area contributed by atoms with Gasteiger partial charge in [-0.2, -0.15) is 0 Å². The van der Waals surface area contributed by atoms with Crippen molar-refractivity contribution in [2.24, 2.45) is 29.4 Å². The molecule has 0 radical (unpaired) electrons. The van der Waals surface area contributed by atoms with E-state index in [-0.39, 0.29) is 31.2 Å². The molecule has 0 fully saturated rings. The highest BCUT2D eigenvalue weighted by atomic mass is 16.5. The third-order valence-electron chi connectivity index (χ3n) is 5.69. The van der Waals surface area contributed by atoms with E-state index in [0.717, 1.165) is 18.1 Å². The summed E-state index contributed by atoms with van der Waals surface area (Å²) in [6.45, 7) is 9.08. The number of hydroxylamine groups is 1. The van der Waals surface area contributed by atoms with Crippen molar-refractivity contribution < 1.29 is 39.4 Å². The number of hydrogen-bond donors (Lipinski definition) is 7. The number of carboxylic acid groups (broad SMARTS) is 2. The summed E-state index contributed by atoms with van der Waals surface area (Å²) in [6, 6.07) is 6.33. The molecule has 220 valence electrons. The number of carbonyl (C=O) groups is 5. The highest BCUT2D eigenvalue weighted by Crippen LogP contribution is 2.27. The second-order valence-electron chi connectivity index (χ2n) is 10.2. The zero-order chi connectivity index (χ0) is 30.1. The third-order valence-corrected chi connectivity index (χ3v) is 5.69.